The molecule has 0 saturated heterocycles. The first-order valence-electron chi connectivity index (χ1n) is 11.0. The summed E-state index contributed by atoms with van der Waals surface area (Å²) >= 11 is 0. The SMILES string of the molecule is COC(=O)/C=C(\C(=O)OC)[C@@H]1CC[C@@]2(C)C(=C1C)CC[C@@]1(C(=O)OC)C(=O)C(C)=CC[C@@H]12. The highest BCUT2D eigenvalue weighted by molar-refractivity contribution is 6.13. The van der Waals surface area contributed by atoms with E-state index in [1.165, 1.54) is 27.4 Å². The summed E-state index contributed by atoms with van der Waals surface area (Å²) in [5.41, 5.74) is 1.46. The van der Waals surface area contributed by atoms with Crippen molar-refractivity contribution in [3.8, 4) is 0 Å². The van der Waals surface area contributed by atoms with E-state index in [2.05, 4.69) is 6.92 Å². The second kappa shape index (κ2) is 8.68. The predicted octanol–water partition coefficient (Wildman–Crippen LogP) is 3.48. The molecule has 3 rings (SSSR count). The average molecular weight is 445 g/mol. The van der Waals surface area contributed by atoms with Gasteiger partial charge in [-0.05, 0) is 62.9 Å². The fourth-order valence-corrected chi connectivity index (χ4v) is 6.37. The van der Waals surface area contributed by atoms with Crippen LogP contribution in [0, 0.1) is 22.7 Å². The first kappa shape index (κ1) is 24.0. The van der Waals surface area contributed by atoms with Crippen molar-refractivity contribution in [3.63, 3.8) is 0 Å². The Labute approximate surface area is 188 Å². The fourth-order valence-electron chi connectivity index (χ4n) is 6.37. The van der Waals surface area contributed by atoms with Crippen LogP contribution in [0.3, 0.4) is 0 Å². The van der Waals surface area contributed by atoms with Gasteiger partial charge in [0, 0.05) is 12.0 Å². The number of rotatable bonds is 4. The highest BCUT2D eigenvalue weighted by Gasteiger charge is 2.63. The smallest absolute Gasteiger partial charge is 0.334 e. The zero-order chi connectivity index (χ0) is 23.8. The number of Topliss-reactive ketones (excluding diaryl/α,β-unsaturated/α-hetero) is 1. The maximum absolute atomic E-state index is 13.3. The fraction of sp³-hybridized carbons (Fsp3) is 0.600. The molecule has 0 aromatic heterocycles. The Morgan fingerprint density at radius 3 is 2.34 bits per heavy atom. The van der Waals surface area contributed by atoms with Crippen molar-refractivity contribution in [2.45, 2.75) is 52.9 Å². The molecule has 0 amide bonds. The molecule has 0 N–H and O–H groups in total. The maximum atomic E-state index is 13.3. The van der Waals surface area contributed by atoms with E-state index in [0.29, 0.717) is 37.7 Å². The van der Waals surface area contributed by atoms with E-state index >= 15 is 0 Å². The first-order chi connectivity index (χ1) is 15.1. The molecule has 1 fully saturated rings. The molecular weight excluding hydrogens is 412 g/mol. The summed E-state index contributed by atoms with van der Waals surface area (Å²) in [6, 6.07) is 0. The Kier molecular flexibility index (Phi) is 6.50. The molecule has 3 aliphatic rings. The number of ketones is 1. The quantitative estimate of drug-likeness (QED) is 0.215. The monoisotopic (exact) mass is 444 g/mol. The van der Waals surface area contributed by atoms with Gasteiger partial charge in [0.1, 0.15) is 5.41 Å². The molecule has 32 heavy (non-hydrogen) atoms. The molecule has 3 aliphatic carbocycles. The normalized spacial score (nSPS) is 32.4. The van der Waals surface area contributed by atoms with Gasteiger partial charge < -0.3 is 14.2 Å². The Hall–Kier alpha value is -2.70. The van der Waals surface area contributed by atoms with Crippen LogP contribution in [0.15, 0.2) is 34.4 Å². The number of allylic oxidation sites excluding steroid dienone is 4. The zero-order valence-corrected chi connectivity index (χ0v) is 19.7. The van der Waals surface area contributed by atoms with E-state index in [1.54, 1.807) is 6.92 Å². The van der Waals surface area contributed by atoms with Crippen LogP contribution >= 0.6 is 0 Å². The van der Waals surface area contributed by atoms with Crippen molar-refractivity contribution >= 4 is 23.7 Å². The summed E-state index contributed by atoms with van der Waals surface area (Å²) in [6.07, 6.45) is 5.94. The van der Waals surface area contributed by atoms with E-state index in [9.17, 15) is 19.2 Å². The molecule has 0 bridgehead atoms. The van der Waals surface area contributed by atoms with Crippen molar-refractivity contribution < 1.29 is 33.4 Å². The van der Waals surface area contributed by atoms with Crippen LogP contribution in [0.1, 0.15) is 52.9 Å². The number of esters is 3. The summed E-state index contributed by atoms with van der Waals surface area (Å²) in [5.74, 6) is -2.27. The van der Waals surface area contributed by atoms with Gasteiger partial charge in [0.25, 0.3) is 0 Å². The Bertz CT molecular complexity index is 953. The van der Waals surface area contributed by atoms with Gasteiger partial charge in [-0.25, -0.2) is 9.59 Å². The summed E-state index contributed by atoms with van der Waals surface area (Å²) in [7, 11) is 3.89. The number of carbonyl (C=O) groups excluding carboxylic acids is 4. The van der Waals surface area contributed by atoms with Crippen molar-refractivity contribution in [1.29, 1.82) is 0 Å². The first-order valence-corrected chi connectivity index (χ1v) is 11.0. The van der Waals surface area contributed by atoms with E-state index in [0.717, 1.165) is 11.1 Å². The third kappa shape index (κ3) is 3.42. The third-order valence-electron chi connectivity index (χ3n) is 8.02. The summed E-state index contributed by atoms with van der Waals surface area (Å²) in [6.45, 7) is 5.86. The number of fused-ring (bicyclic) bond motifs is 3. The Balaban J connectivity index is 2.12. The zero-order valence-electron chi connectivity index (χ0n) is 19.7. The lowest BCUT2D eigenvalue weighted by Gasteiger charge is -2.56. The number of carbonyl (C=O) groups is 4. The molecule has 0 radical (unpaired) electrons. The largest absolute Gasteiger partial charge is 0.468 e. The number of methoxy groups -OCH3 is 3. The second-order valence-corrected chi connectivity index (χ2v) is 9.25. The number of hydrogen-bond acceptors (Lipinski definition) is 7. The lowest BCUT2D eigenvalue weighted by Crippen LogP contribution is -2.58. The van der Waals surface area contributed by atoms with Crippen molar-refractivity contribution in [1.82, 2.24) is 0 Å². The van der Waals surface area contributed by atoms with Crippen LogP contribution in [0.2, 0.25) is 0 Å². The topological polar surface area (TPSA) is 96.0 Å². The molecule has 1 saturated carbocycles. The summed E-state index contributed by atoms with van der Waals surface area (Å²) in [5, 5.41) is 0. The minimum absolute atomic E-state index is 0.138. The molecule has 174 valence electrons. The van der Waals surface area contributed by atoms with Gasteiger partial charge in [-0.2, -0.15) is 0 Å². The number of hydrogen-bond donors (Lipinski definition) is 0. The average Bonchev–Trinajstić information content (AvgIpc) is 2.79. The Morgan fingerprint density at radius 1 is 1.06 bits per heavy atom. The van der Waals surface area contributed by atoms with E-state index in [-0.39, 0.29) is 23.2 Å². The molecule has 0 aliphatic heterocycles. The van der Waals surface area contributed by atoms with Gasteiger partial charge in [-0.3, -0.25) is 9.59 Å². The standard InChI is InChI=1S/C25H32O7/c1-14-7-8-19-24(3)11-9-16(17(22(28)31-5)13-20(26)30-4)15(2)18(24)10-12-25(19,21(14)27)23(29)32-6/h7,13,16,19H,8-12H2,1-6H3/b17-13-/t16-,19-,24+,25+/m1/s1. The second-order valence-electron chi connectivity index (χ2n) is 9.25. The molecule has 0 heterocycles. The van der Waals surface area contributed by atoms with Crippen LogP contribution in [-0.4, -0.2) is 45.0 Å². The summed E-state index contributed by atoms with van der Waals surface area (Å²) in [4.78, 5) is 50.8. The predicted molar refractivity (Wildman–Crippen MR) is 116 cm³/mol. The molecule has 7 heteroatoms. The minimum Gasteiger partial charge on any atom is -0.468 e. The van der Waals surface area contributed by atoms with E-state index in [4.69, 9.17) is 14.2 Å². The van der Waals surface area contributed by atoms with Crippen LogP contribution in [-0.2, 0) is 33.4 Å². The van der Waals surface area contributed by atoms with E-state index < -0.39 is 28.7 Å². The molecule has 0 spiro atoms. The Morgan fingerprint density at radius 2 is 1.75 bits per heavy atom. The van der Waals surface area contributed by atoms with Crippen LogP contribution in [0.4, 0.5) is 0 Å². The van der Waals surface area contributed by atoms with Gasteiger partial charge in [-0.1, -0.05) is 24.1 Å². The van der Waals surface area contributed by atoms with Crippen molar-refractivity contribution in [3.05, 3.63) is 34.4 Å². The van der Waals surface area contributed by atoms with Crippen LogP contribution in [0.25, 0.3) is 0 Å². The van der Waals surface area contributed by atoms with Crippen LogP contribution < -0.4 is 0 Å². The van der Waals surface area contributed by atoms with Crippen molar-refractivity contribution in [2.75, 3.05) is 21.3 Å². The molecule has 7 nitrogen and oxygen atoms in total. The van der Waals surface area contributed by atoms with Crippen LogP contribution in [0.5, 0.6) is 0 Å². The van der Waals surface area contributed by atoms with Gasteiger partial charge >= 0.3 is 17.9 Å². The molecule has 0 aromatic rings. The van der Waals surface area contributed by atoms with Gasteiger partial charge in [-0.15, -0.1) is 0 Å². The third-order valence-corrected chi connectivity index (χ3v) is 8.02. The molecule has 0 aromatic carbocycles. The van der Waals surface area contributed by atoms with Gasteiger partial charge in [0.05, 0.1) is 26.9 Å². The molecule has 4 atom stereocenters. The molecule has 0 unspecified atom stereocenters. The van der Waals surface area contributed by atoms with Gasteiger partial charge in [0.15, 0.2) is 5.78 Å². The highest BCUT2D eigenvalue weighted by Crippen LogP contribution is 2.63. The number of ether oxygens (including phenoxy) is 3. The van der Waals surface area contributed by atoms with Gasteiger partial charge in [0.2, 0.25) is 0 Å². The highest BCUT2D eigenvalue weighted by atomic mass is 16.5. The maximum Gasteiger partial charge on any atom is 0.334 e. The lowest BCUT2D eigenvalue weighted by molar-refractivity contribution is -0.168. The lowest BCUT2D eigenvalue weighted by atomic mass is 9.45. The van der Waals surface area contributed by atoms with Crippen molar-refractivity contribution in [2.24, 2.45) is 22.7 Å². The molecular formula is C25H32O7. The summed E-state index contributed by atoms with van der Waals surface area (Å²) < 4.78 is 14.8. The minimum atomic E-state index is -1.17. The van der Waals surface area contributed by atoms with E-state index in [1.807, 2.05) is 13.0 Å².